The lowest BCUT2D eigenvalue weighted by atomic mass is 10.0. The van der Waals surface area contributed by atoms with E-state index in [0.29, 0.717) is 27.7 Å². The van der Waals surface area contributed by atoms with Gasteiger partial charge >= 0.3 is 18.0 Å². The van der Waals surface area contributed by atoms with E-state index in [4.69, 9.17) is 15.6 Å². The highest BCUT2D eigenvalue weighted by Crippen LogP contribution is 2.41. The van der Waals surface area contributed by atoms with Crippen LogP contribution in [0.5, 0.6) is 0 Å². The number of thioether (sulfide) groups is 2. The van der Waals surface area contributed by atoms with Crippen molar-refractivity contribution in [1.29, 1.82) is 0 Å². The van der Waals surface area contributed by atoms with Gasteiger partial charge in [0.05, 0.1) is 6.42 Å². The molecule has 212 valence electrons. The van der Waals surface area contributed by atoms with E-state index in [2.05, 4.69) is 26.2 Å². The van der Waals surface area contributed by atoms with Crippen LogP contribution in [0, 0.1) is 0 Å². The van der Waals surface area contributed by atoms with Gasteiger partial charge in [-0.1, -0.05) is 23.9 Å². The lowest BCUT2D eigenvalue weighted by Crippen LogP contribution is -2.70. The molecule has 1 aromatic carbocycles. The Balaban J connectivity index is 1.30. The number of ether oxygens (including phenoxy) is 1. The summed E-state index contributed by atoms with van der Waals surface area (Å²) >= 11 is 2.62. The molecule has 2 aliphatic heterocycles. The van der Waals surface area contributed by atoms with Gasteiger partial charge in [0.25, 0.3) is 5.91 Å². The minimum absolute atomic E-state index is 0.0609. The minimum atomic E-state index is -1.34. The summed E-state index contributed by atoms with van der Waals surface area (Å²) in [5.74, 6) is -2.82. The molecule has 0 unspecified atom stereocenters. The van der Waals surface area contributed by atoms with Gasteiger partial charge in [-0.05, 0) is 33.7 Å². The number of anilines is 1. The van der Waals surface area contributed by atoms with Crippen molar-refractivity contribution in [2.75, 3.05) is 23.4 Å². The standard InChI is InChI=1S/C22H24N8O8S2/c1-29-21(26-27-28-29)40-9-11-8-39-18-15(17(32)30(18)16(11)20(35)36)25-14(31)6-10-2-4-12(5-3-10)24-22(37)38-7-13(23)19(33)34/h2-5,13,15,18H,6-9,23H2,1H3,(H,24,37)(H,25,31)(H,33,34)(H,35,36)/t13-,15+,18+/m0/s1. The number of nitrogens with zero attached hydrogens (tertiary/aromatic N) is 5. The Bertz CT molecular complexity index is 1360. The molecule has 1 saturated heterocycles. The fraction of sp³-hybridized carbons (Fsp3) is 0.364. The molecular formula is C22H24N8O8S2. The number of carboxylic acid groups (broad SMARTS) is 2. The molecule has 0 bridgehead atoms. The molecule has 1 fully saturated rings. The largest absolute Gasteiger partial charge is 0.480 e. The Morgan fingerprint density at radius 2 is 1.98 bits per heavy atom. The number of hydrogen-bond acceptors (Lipinski definition) is 12. The van der Waals surface area contributed by atoms with Crippen molar-refractivity contribution in [3.63, 3.8) is 0 Å². The Kier molecular flexibility index (Phi) is 8.90. The van der Waals surface area contributed by atoms with Crippen LogP contribution in [0.2, 0.25) is 0 Å². The highest BCUT2D eigenvalue weighted by molar-refractivity contribution is 8.01. The highest BCUT2D eigenvalue weighted by Gasteiger charge is 2.54. The van der Waals surface area contributed by atoms with Gasteiger partial charge in [-0.15, -0.1) is 16.9 Å². The van der Waals surface area contributed by atoms with E-state index >= 15 is 0 Å². The van der Waals surface area contributed by atoms with Crippen LogP contribution < -0.4 is 16.4 Å². The molecule has 3 atom stereocenters. The van der Waals surface area contributed by atoms with Crippen molar-refractivity contribution in [2.45, 2.75) is 29.0 Å². The summed E-state index contributed by atoms with van der Waals surface area (Å²) in [5, 5.41) is 34.7. The van der Waals surface area contributed by atoms with Crippen LogP contribution >= 0.6 is 23.5 Å². The van der Waals surface area contributed by atoms with E-state index < -0.39 is 53.9 Å². The predicted molar refractivity (Wildman–Crippen MR) is 140 cm³/mol. The van der Waals surface area contributed by atoms with Crippen LogP contribution in [-0.4, -0.2) is 101 Å². The molecule has 3 amide bonds. The average molecular weight is 593 g/mol. The van der Waals surface area contributed by atoms with Crippen LogP contribution in [0.25, 0.3) is 0 Å². The zero-order valence-corrected chi connectivity index (χ0v) is 22.5. The number of fused-ring (bicyclic) bond motifs is 1. The second-order valence-electron chi connectivity index (χ2n) is 8.63. The summed E-state index contributed by atoms with van der Waals surface area (Å²) < 4.78 is 6.20. The molecule has 0 saturated carbocycles. The van der Waals surface area contributed by atoms with Crippen molar-refractivity contribution >= 4 is 59.1 Å². The molecule has 0 aliphatic carbocycles. The smallest absolute Gasteiger partial charge is 0.411 e. The second kappa shape index (κ2) is 12.3. The lowest BCUT2D eigenvalue weighted by molar-refractivity contribution is -0.150. The van der Waals surface area contributed by atoms with Crippen molar-refractivity contribution in [1.82, 2.24) is 30.4 Å². The van der Waals surface area contributed by atoms with Gasteiger partial charge in [-0.3, -0.25) is 24.6 Å². The van der Waals surface area contributed by atoms with Crippen LogP contribution in [-0.2, 0) is 37.4 Å². The summed E-state index contributed by atoms with van der Waals surface area (Å²) in [7, 11) is 1.66. The number of carboxylic acids is 2. The van der Waals surface area contributed by atoms with E-state index in [9.17, 15) is 29.1 Å². The third kappa shape index (κ3) is 6.52. The number of rotatable bonds is 11. The Morgan fingerprint density at radius 3 is 2.60 bits per heavy atom. The van der Waals surface area contributed by atoms with E-state index in [1.807, 2.05) is 0 Å². The highest BCUT2D eigenvalue weighted by atomic mass is 32.2. The topological polar surface area (TPSA) is 232 Å². The van der Waals surface area contributed by atoms with Gasteiger partial charge < -0.3 is 26.0 Å². The van der Waals surface area contributed by atoms with Gasteiger partial charge in [-0.25, -0.2) is 14.3 Å². The van der Waals surface area contributed by atoms with E-state index in [-0.39, 0.29) is 17.9 Å². The first kappa shape index (κ1) is 28.8. The van der Waals surface area contributed by atoms with Gasteiger partial charge in [0.2, 0.25) is 11.1 Å². The molecule has 1 aromatic heterocycles. The predicted octanol–water partition coefficient (Wildman–Crippen LogP) is -0.756. The second-order valence-corrected chi connectivity index (χ2v) is 10.7. The Labute approximate surface area is 234 Å². The number of aryl methyl sites for hydroxylation is 1. The Hall–Kier alpha value is -4.16. The quantitative estimate of drug-likeness (QED) is 0.160. The first-order chi connectivity index (χ1) is 19.0. The fourth-order valence-corrected chi connectivity index (χ4v) is 6.13. The first-order valence-corrected chi connectivity index (χ1v) is 13.6. The molecule has 0 spiro atoms. The van der Waals surface area contributed by atoms with Crippen LogP contribution in [0.1, 0.15) is 5.56 Å². The molecule has 3 heterocycles. The number of aliphatic carboxylic acids is 2. The molecule has 40 heavy (non-hydrogen) atoms. The maximum Gasteiger partial charge on any atom is 0.411 e. The zero-order valence-electron chi connectivity index (χ0n) is 20.8. The summed E-state index contributed by atoms with van der Waals surface area (Å²) in [6, 6.07) is 4.02. The number of carbonyl (C=O) groups is 5. The normalized spacial score (nSPS) is 18.9. The number of amides is 3. The maximum absolute atomic E-state index is 12.9. The SMILES string of the molecule is Cn1nnnc1SCC1=C(C(=O)O)N2C(=O)[C@@H](NC(=O)Cc3ccc(NC(=O)OC[C@H](N)C(=O)O)cc3)[C@H]2SC1. The number of nitrogens with two attached hydrogens (primary N) is 1. The molecular weight excluding hydrogens is 568 g/mol. The van der Waals surface area contributed by atoms with Crippen molar-refractivity contribution < 1.29 is 38.9 Å². The van der Waals surface area contributed by atoms with E-state index in [1.165, 1.54) is 45.2 Å². The number of benzene rings is 1. The first-order valence-electron chi connectivity index (χ1n) is 11.6. The molecule has 6 N–H and O–H groups in total. The lowest BCUT2D eigenvalue weighted by Gasteiger charge is -2.49. The summed E-state index contributed by atoms with van der Waals surface area (Å²) in [4.78, 5) is 61.2. The summed E-state index contributed by atoms with van der Waals surface area (Å²) in [5.41, 5.74) is 6.68. The third-order valence-electron chi connectivity index (χ3n) is 5.80. The van der Waals surface area contributed by atoms with E-state index in [1.54, 1.807) is 19.2 Å². The molecule has 2 aromatic rings. The average Bonchev–Trinajstić information content (AvgIpc) is 3.33. The van der Waals surface area contributed by atoms with E-state index in [0.717, 1.165) is 0 Å². The van der Waals surface area contributed by atoms with Crippen molar-refractivity contribution in [2.24, 2.45) is 12.8 Å². The van der Waals surface area contributed by atoms with Gasteiger partial charge in [0.15, 0.2) is 0 Å². The summed E-state index contributed by atoms with van der Waals surface area (Å²) in [6.45, 7) is -0.499. The summed E-state index contributed by atoms with van der Waals surface area (Å²) in [6.07, 6.45) is -0.948. The number of β-lactam (4-membered cyclic amide) rings is 1. The maximum atomic E-state index is 12.9. The molecule has 0 radical (unpaired) electrons. The molecule has 2 aliphatic rings. The number of tetrazole rings is 1. The number of aromatic nitrogens is 4. The number of nitrogens with one attached hydrogen (secondary N) is 2. The molecule has 16 nitrogen and oxygen atoms in total. The third-order valence-corrected chi connectivity index (χ3v) is 8.24. The fourth-order valence-electron chi connectivity index (χ4n) is 3.80. The van der Waals surface area contributed by atoms with Crippen molar-refractivity contribution in [3.8, 4) is 0 Å². The van der Waals surface area contributed by atoms with Gasteiger partial charge in [-0.2, -0.15) is 0 Å². The van der Waals surface area contributed by atoms with Crippen LogP contribution in [0.15, 0.2) is 40.7 Å². The van der Waals surface area contributed by atoms with Gasteiger partial charge in [0, 0.05) is 24.2 Å². The van der Waals surface area contributed by atoms with Gasteiger partial charge in [0.1, 0.15) is 29.8 Å². The number of carbonyl (C=O) groups excluding carboxylic acids is 3. The molecule has 4 rings (SSSR count). The van der Waals surface area contributed by atoms with Crippen LogP contribution in [0.4, 0.5) is 10.5 Å². The molecule has 18 heteroatoms. The monoisotopic (exact) mass is 592 g/mol. The van der Waals surface area contributed by atoms with Crippen LogP contribution in [0.3, 0.4) is 0 Å². The van der Waals surface area contributed by atoms with Crippen molar-refractivity contribution in [3.05, 3.63) is 41.1 Å². The zero-order chi connectivity index (χ0) is 29.0. The number of hydrogen-bond donors (Lipinski definition) is 5. The minimum Gasteiger partial charge on any atom is -0.480 e. The Morgan fingerprint density at radius 1 is 1.25 bits per heavy atom.